The number of aromatic hydroxyl groups is 1. The molecule has 1 aromatic heterocycles. The van der Waals surface area contributed by atoms with Crippen molar-refractivity contribution in [2.45, 2.75) is 12.5 Å². The second kappa shape index (κ2) is 7.10. The summed E-state index contributed by atoms with van der Waals surface area (Å²) in [6, 6.07) is 15.7. The second-order valence-corrected chi connectivity index (χ2v) is 5.60. The molecule has 0 aliphatic heterocycles. The van der Waals surface area contributed by atoms with Gasteiger partial charge >= 0.3 is 0 Å². The molecule has 0 aliphatic rings. The van der Waals surface area contributed by atoms with E-state index in [1.807, 2.05) is 30.3 Å². The number of aliphatic hydroxyl groups excluding tert-OH is 1. The van der Waals surface area contributed by atoms with Crippen LogP contribution in [-0.2, 0) is 6.42 Å². The number of carbonyl (C=O) groups excluding carboxylic acids is 1. The van der Waals surface area contributed by atoms with Crippen LogP contribution in [0.4, 0.5) is 0 Å². The molecule has 1 atom stereocenters. The Kier molecular flexibility index (Phi) is 4.72. The quantitative estimate of drug-likeness (QED) is 0.673. The molecular weight excluding hydrogens is 304 g/mol. The molecule has 0 saturated carbocycles. The maximum atomic E-state index is 12.5. The minimum Gasteiger partial charge on any atom is -0.508 e. The third kappa shape index (κ3) is 3.52. The lowest BCUT2D eigenvalue weighted by atomic mass is 10.1. The Labute approximate surface area is 139 Å². The average Bonchev–Trinajstić information content (AvgIpc) is 2.62. The topological polar surface area (TPSA) is 82.5 Å². The van der Waals surface area contributed by atoms with Crippen molar-refractivity contribution in [2.75, 3.05) is 6.61 Å². The van der Waals surface area contributed by atoms with E-state index in [2.05, 4.69) is 10.3 Å². The number of carbonyl (C=O) groups is 1. The Morgan fingerprint density at radius 2 is 1.83 bits per heavy atom. The van der Waals surface area contributed by atoms with Gasteiger partial charge in [0.25, 0.3) is 5.91 Å². The summed E-state index contributed by atoms with van der Waals surface area (Å²) < 4.78 is 0. The number of nitrogens with zero attached hydrogens (tertiary/aromatic N) is 1. The zero-order valence-electron chi connectivity index (χ0n) is 13.0. The molecule has 0 spiro atoms. The van der Waals surface area contributed by atoms with Gasteiger partial charge in [0.1, 0.15) is 11.4 Å². The minimum atomic E-state index is -0.428. The van der Waals surface area contributed by atoms with Gasteiger partial charge in [-0.2, -0.15) is 0 Å². The summed E-state index contributed by atoms with van der Waals surface area (Å²) in [5.74, 6) is -0.132. The van der Waals surface area contributed by atoms with Gasteiger partial charge in [0.2, 0.25) is 0 Å². The highest BCUT2D eigenvalue weighted by molar-refractivity contribution is 6.05. The van der Waals surface area contributed by atoms with Gasteiger partial charge in [-0.15, -0.1) is 0 Å². The smallest absolute Gasteiger partial charge is 0.270 e. The van der Waals surface area contributed by atoms with Crippen molar-refractivity contribution in [2.24, 2.45) is 0 Å². The summed E-state index contributed by atoms with van der Waals surface area (Å²) in [7, 11) is 0. The zero-order chi connectivity index (χ0) is 16.9. The highest BCUT2D eigenvalue weighted by atomic mass is 16.3. The fourth-order valence-corrected chi connectivity index (χ4v) is 2.63. The van der Waals surface area contributed by atoms with E-state index in [-0.39, 0.29) is 18.3 Å². The predicted octanol–water partition coefficient (Wildman–Crippen LogP) is 2.27. The Bertz CT molecular complexity index is 841. The Balaban J connectivity index is 1.77. The van der Waals surface area contributed by atoms with Gasteiger partial charge in [-0.3, -0.25) is 9.78 Å². The maximum absolute atomic E-state index is 12.5. The molecule has 0 fully saturated rings. The predicted molar refractivity (Wildman–Crippen MR) is 91.9 cm³/mol. The van der Waals surface area contributed by atoms with E-state index in [0.717, 1.165) is 16.3 Å². The van der Waals surface area contributed by atoms with Crippen LogP contribution in [0.2, 0.25) is 0 Å². The van der Waals surface area contributed by atoms with Crippen LogP contribution in [0.25, 0.3) is 10.8 Å². The molecular formula is C19H18N2O3. The Hall–Kier alpha value is -2.92. The van der Waals surface area contributed by atoms with Gasteiger partial charge in [0, 0.05) is 11.6 Å². The largest absolute Gasteiger partial charge is 0.508 e. The van der Waals surface area contributed by atoms with E-state index >= 15 is 0 Å². The Morgan fingerprint density at radius 3 is 2.58 bits per heavy atom. The molecule has 122 valence electrons. The third-order valence-corrected chi connectivity index (χ3v) is 3.86. The number of nitrogens with one attached hydrogen (secondary N) is 1. The molecule has 3 aromatic rings. The van der Waals surface area contributed by atoms with Crippen molar-refractivity contribution in [3.63, 3.8) is 0 Å². The van der Waals surface area contributed by atoms with Gasteiger partial charge in [0.15, 0.2) is 0 Å². The molecule has 0 unspecified atom stereocenters. The first-order valence-electron chi connectivity index (χ1n) is 7.71. The molecule has 0 radical (unpaired) electrons. The highest BCUT2D eigenvalue weighted by Gasteiger charge is 2.16. The van der Waals surface area contributed by atoms with Gasteiger partial charge in [-0.1, -0.05) is 36.4 Å². The van der Waals surface area contributed by atoms with Crippen LogP contribution in [0.5, 0.6) is 5.75 Å². The zero-order valence-corrected chi connectivity index (χ0v) is 13.0. The second-order valence-electron chi connectivity index (χ2n) is 5.60. The first-order valence-corrected chi connectivity index (χ1v) is 7.71. The van der Waals surface area contributed by atoms with E-state index in [1.54, 1.807) is 30.5 Å². The number of benzene rings is 2. The molecule has 5 nitrogen and oxygen atoms in total. The summed E-state index contributed by atoms with van der Waals surface area (Å²) in [6.07, 6.45) is 2.07. The van der Waals surface area contributed by atoms with E-state index in [4.69, 9.17) is 0 Å². The number of fused-ring (bicyclic) bond motifs is 1. The van der Waals surface area contributed by atoms with Crippen LogP contribution in [0.15, 0.2) is 60.8 Å². The number of hydrogen-bond donors (Lipinski definition) is 3. The molecule has 0 aliphatic carbocycles. The van der Waals surface area contributed by atoms with Crippen LogP contribution in [-0.4, -0.2) is 33.8 Å². The van der Waals surface area contributed by atoms with Crippen LogP contribution in [0, 0.1) is 0 Å². The number of aliphatic hydroxyl groups is 1. The minimum absolute atomic E-state index is 0.183. The molecule has 3 N–H and O–H groups in total. The standard InChI is InChI=1S/C19H18N2O3/c22-12-15(11-13-5-7-16(23)8-6-13)21-19(24)18-17-4-2-1-3-14(17)9-10-20-18/h1-10,15,22-23H,11-12H2,(H,21,24)/t15-/m0/s1. The van der Waals surface area contributed by atoms with Gasteiger partial charge in [-0.25, -0.2) is 0 Å². The average molecular weight is 322 g/mol. The number of hydrogen-bond acceptors (Lipinski definition) is 4. The van der Waals surface area contributed by atoms with Gasteiger partial charge in [0.05, 0.1) is 12.6 Å². The van der Waals surface area contributed by atoms with Crippen molar-refractivity contribution in [1.29, 1.82) is 0 Å². The van der Waals surface area contributed by atoms with Crippen LogP contribution < -0.4 is 5.32 Å². The molecule has 3 rings (SSSR count). The lowest BCUT2D eigenvalue weighted by Crippen LogP contribution is -2.39. The monoisotopic (exact) mass is 322 g/mol. The van der Waals surface area contributed by atoms with Gasteiger partial charge < -0.3 is 15.5 Å². The maximum Gasteiger partial charge on any atom is 0.270 e. The number of aromatic nitrogens is 1. The molecule has 1 amide bonds. The number of rotatable bonds is 5. The van der Waals surface area contributed by atoms with Crippen molar-refractivity contribution in [3.05, 3.63) is 72.1 Å². The highest BCUT2D eigenvalue weighted by Crippen LogP contribution is 2.17. The number of phenols is 1. The molecule has 24 heavy (non-hydrogen) atoms. The SMILES string of the molecule is O=C(N[C@H](CO)Cc1ccc(O)cc1)c1nccc2ccccc12. The fourth-order valence-electron chi connectivity index (χ4n) is 2.63. The molecule has 0 saturated heterocycles. The van der Waals surface area contributed by atoms with Crippen LogP contribution >= 0.6 is 0 Å². The third-order valence-electron chi connectivity index (χ3n) is 3.86. The number of amides is 1. The molecule has 0 bridgehead atoms. The summed E-state index contributed by atoms with van der Waals surface area (Å²) >= 11 is 0. The van der Waals surface area contributed by atoms with Crippen molar-refractivity contribution in [1.82, 2.24) is 10.3 Å². The fraction of sp³-hybridized carbons (Fsp3) is 0.158. The molecule has 5 heteroatoms. The van der Waals surface area contributed by atoms with E-state index in [0.29, 0.717) is 12.1 Å². The summed E-state index contributed by atoms with van der Waals surface area (Å²) in [5.41, 5.74) is 1.26. The number of pyridine rings is 1. The molecule has 1 heterocycles. The number of phenolic OH excluding ortho intramolecular Hbond substituents is 1. The summed E-state index contributed by atoms with van der Waals surface area (Å²) in [6.45, 7) is -0.183. The summed E-state index contributed by atoms with van der Waals surface area (Å²) in [4.78, 5) is 16.7. The normalized spacial score (nSPS) is 12.0. The Morgan fingerprint density at radius 1 is 1.08 bits per heavy atom. The first kappa shape index (κ1) is 16.0. The van der Waals surface area contributed by atoms with Crippen molar-refractivity contribution in [3.8, 4) is 5.75 Å². The van der Waals surface area contributed by atoms with Crippen LogP contribution in [0.1, 0.15) is 16.1 Å². The lowest BCUT2D eigenvalue weighted by Gasteiger charge is -2.17. The van der Waals surface area contributed by atoms with Gasteiger partial charge in [-0.05, 0) is 35.6 Å². The van der Waals surface area contributed by atoms with E-state index in [9.17, 15) is 15.0 Å². The van der Waals surface area contributed by atoms with E-state index in [1.165, 1.54) is 0 Å². The van der Waals surface area contributed by atoms with Crippen molar-refractivity contribution < 1.29 is 15.0 Å². The van der Waals surface area contributed by atoms with Crippen LogP contribution in [0.3, 0.4) is 0 Å². The summed E-state index contributed by atoms with van der Waals surface area (Å²) in [5, 5.41) is 23.4. The van der Waals surface area contributed by atoms with Crippen molar-refractivity contribution >= 4 is 16.7 Å². The first-order chi connectivity index (χ1) is 11.7. The van der Waals surface area contributed by atoms with E-state index < -0.39 is 6.04 Å². The lowest BCUT2D eigenvalue weighted by molar-refractivity contribution is 0.0913. The molecule has 2 aromatic carbocycles.